The minimum absolute atomic E-state index is 0.0279. The Kier molecular flexibility index (Phi) is 5.87. The number of aromatic nitrogens is 1. The number of carbonyl (C=O) groups is 3. The lowest BCUT2D eigenvalue weighted by Gasteiger charge is -2.28. The molecule has 1 saturated heterocycles. The molecule has 0 unspecified atom stereocenters. The Labute approximate surface area is 160 Å². The molecule has 1 aromatic rings. The fourth-order valence-corrected chi connectivity index (χ4v) is 3.92. The van der Waals surface area contributed by atoms with E-state index in [9.17, 15) is 14.4 Å². The number of nitrogens with zero attached hydrogens (tertiary/aromatic N) is 3. The van der Waals surface area contributed by atoms with Crippen LogP contribution in [0.2, 0.25) is 0 Å². The number of nitrogens with one attached hydrogen (secondary N) is 1. The lowest BCUT2D eigenvalue weighted by atomic mass is 10.1. The van der Waals surface area contributed by atoms with E-state index in [4.69, 9.17) is 0 Å². The van der Waals surface area contributed by atoms with E-state index < -0.39 is 6.04 Å². The van der Waals surface area contributed by atoms with Gasteiger partial charge >= 0.3 is 0 Å². The summed E-state index contributed by atoms with van der Waals surface area (Å²) in [6, 6.07) is 3.45. The maximum Gasteiger partial charge on any atom is 0.268 e. The molecule has 7 heteroatoms. The molecule has 0 bridgehead atoms. The smallest absolute Gasteiger partial charge is 0.268 e. The van der Waals surface area contributed by atoms with Crippen molar-refractivity contribution in [1.82, 2.24) is 19.7 Å². The van der Waals surface area contributed by atoms with E-state index in [2.05, 4.69) is 5.32 Å². The molecule has 2 aliphatic rings. The second-order valence-electron chi connectivity index (χ2n) is 7.36. The molecule has 0 radical (unpaired) electrons. The van der Waals surface area contributed by atoms with Crippen molar-refractivity contribution in [2.45, 2.75) is 64.6 Å². The fourth-order valence-electron chi connectivity index (χ4n) is 3.92. The first-order valence-corrected chi connectivity index (χ1v) is 10.1. The predicted molar refractivity (Wildman–Crippen MR) is 102 cm³/mol. The van der Waals surface area contributed by atoms with Gasteiger partial charge in [0.15, 0.2) is 0 Å². The molecule has 7 nitrogen and oxygen atoms in total. The highest BCUT2D eigenvalue weighted by molar-refractivity contribution is 5.93. The third-order valence-electron chi connectivity index (χ3n) is 5.57. The Morgan fingerprint density at radius 2 is 1.89 bits per heavy atom. The van der Waals surface area contributed by atoms with E-state index in [1.165, 1.54) is 0 Å². The molecule has 27 heavy (non-hydrogen) atoms. The monoisotopic (exact) mass is 374 g/mol. The topological polar surface area (TPSA) is 74.6 Å². The second-order valence-corrected chi connectivity index (χ2v) is 7.36. The molecule has 148 valence electrons. The van der Waals surface area contributed by atoms with Crippen LogP contribution < -0.4 is 5.32 Å². The van der Waals surface area contributed by atoms with Gasteiger partial charge in [0.2, 0.25) is 11.8 Å². The van der Waals surface area contributed by atoms with Crippen LogP contribution in [0, 0.1) is 0 Å². The van der Waals surface area contributed by atoms with Crippen molar-refractivity contribution in [2.24, 2.45) is 0 Å². The number of likely N-dealkylation sites (N-methyl/N-ethyl adjacent to an activating group) is 1. The van der Waals surface area contributed by atoms with E-state index in [1.807, 2.05) is 36.7 Å². The summed E-state index contributed by atoms with van der Waals surface area (Å²) in [6.45, 7) is 7.30. The fraction of sp³-hybridized carbons (Fsp3) is 0.650. The molecular weight excluding hydrogens is 344 g/mol. The average Bonchev–Trinajstić information content (AvgIpc) is 3.24. The van der Waals surface area contributed by atoms with Gasteiger partial charge in [0, 0.05) is 44.3 Å². The quantitative estimate of drug-likeness (QED) is 0.791. The molecule has 0 aromatic carbocycles. The third-order valence-corrected chi connectivity index (χ3v) is 5.57. The van der Waals surface area contributed by atoms with Gasteiger partial charge in [-0.05, 0) is 45.2 Å². The van der Waals surface area contributed by atoms with Crippen molar-refractivity contribution in [3.05, 3.63) is 24.0 Å². The molecule has 3 rings (SSSR count). The van der Waals surface area contributed by atoms with Crippen LogP contribution in [0.3, 0.4) is 0 Å². The first-order valence-electron chi connectivity index (χ1n) is 10.1. The molecule has 3 amide bonds. The van der Waals surface area contributed by atoms with Crippen LogP contribution in [0.15, 0.2) is 18.3 Å². The van der Waals surface area contributed by atoms with Crippen LogP contribution in [0.1, 0.15) is 63.0 Å². The SMILES string of the molecule is CCC(=O)N1C[C@@H](NC(=O)c2cccn2C2CC2)C[C@H]1C(=O)N(CC)CC. The number of rotatable bonds is 7. The number of hydrogen-bond acceptors (Lipinski definition) is 3. The lowest BCUT2D eigenvalue weighted by Crippen LogP contribution is -2.47. The number of amides is 3. The van der Waals surface area contributed by atoms with E-state index >= 15 is 0 Å². The Morgan fingerprint density at radius 1 is 1.19 bits per heavy atom. The van der Waals surface area contributed by atoms with Gasteiger partial charge in [0.25, 0.3) is 5.91 Å². The second kappa shape index (κ2) is 8.15. The van der Waals surface area contributed by atoms with Crippen LogP contribution >= 0.6 is 0 Å². The number of likely N-dealkylation sites (tertiary alicyclic amines) is 1. The van der Waals surface area contributed by atoms with E-state index in [0.717, 1.165) is 12.8 Å². The Bertz CT molecular complexity index is 706. The highest BCUT2D eigenvalue weighted by atomic mass is 16.2. The van der Waals surface area contributed by atoms with Gasteiger partial charge < -0.3 is 19.7 Å². The van der Waals surface area contributed by atoms with Gasteiger partial charge in [-0.25, -0.2) is 0 Å². The van der Waals surface area contributed by atoms with E-state index in [1.54, 1.807) is 16.7 Å². The molecule has 0 spiro atoms. The highest BCUT2D eigenvalue weighted by Gasteiger charge is 2.41. The van der Waals surface area contributed by atoms with Crippen molar-refractivity contribution in [3.63, 3.8) is 0 Å². The first kappa shape index (κ1) is 19.5. The molecule has 2 fully saturated rings. The minimum atomic E-state index is -0.488. The maximum absolute atomic E-state index is 12.9. The first-order chi connectivity index (χ1) is 13.0. The van der Waals surface area contributed by atoms with Crippen LogP contribution in [-0.4, -0.2) is 63.8 Å². The molecule has 2 atom stereocenters. The van der Waals surface area contributed by atoms with Gasteiger partial charge in [0.05, 0.1) is 0 Å². The third kappa shape index (κ3) is 4.01. The van der Waals surface area contributed by atoms with Gasteiger partial charge in [-0.1, -0.05) is 6.92 Å². The Hall–Kier alpha value is -2.31. The van der Waals surface area contributed by atoms with Crippen molar-refractivity contribution >= 4 is 17.7 Å². The molecule has 1 aromatic heterocycles. The van der Waals surface area contributed by atoms with Crippen molar-refractivity contribution in [1.29, 1.82) is 0 Å². The normalized spacial score (nSPS) is 22.0. The van der Waals surface area contributed by atoms with E-state index in [-0.39, 0.29) is 23.8 Å². The summed E-state index contributed by atoms with van der Waals surface area (Å²) < 4.78 is 2.03. The van der Waals surface area contributed by atoms with Crippen molar-refractivity contribution < 1.29 is 14.4 Å². The summed E-state index contributed by atoms with van der Waals surface area (Å²) in [5.74, 6) is -0.199. The largest absolute Gasteiger partial charge is 0.346 e. The predicted octanol–water partition coefficient (Wildman–Crippen LogP) is 1.80. The average molecular weight is 374 g/mol. The van der Waals surface area contributed by atoms with Crippen LogP contribution in [0.5, 0.6) is 0 Å². The molecule has 1 saturated carbocycles. The summed E-state index contributed by atoms with van der Waals surface area (Å²) in [5.41, 5.74) is 0.657. The van der Waals surface area contributed by atoms with Crippen LogP contribution in [-0.2, 0) is 9.59 Å². The van der Waals surface area contributed by atoms with Gasteiger partial charge in [0.1, 0.15) is 11.7 Å². The van der Waals surface area contributed by atoms with Gasteiger partial charge in [-0.3, -0.25) is 14.4 Å². The minimum Gasteiger partial charge on any atom is -0.346 e. The summed E-state index contributed by atoms with van der Waals surface area (Å²) in [5, 5.41) is 3.05. The standard InChI is InChI=1S/C20H30N4O3/c1-4-18(25)24-13-14(12-17(24)20(27)22(5-2)6-3)21-19(26)16-8-7-11-23(16)15-9-10-15/h7-8,11,14-15,17H,4-6,9-10,12-13H2,1-3H3,(H,21,26)/t14-,17-/m0/s1. The number of hydrogen-bond donors (Lipinski definition) is 1. The zero-order valence-electron chi connectivity index (χ0n) is 16.5. The Morgan fingerprint density at radius 3 is 2.48 bits per heavy atom. The summed E-state index contributed by atoms with van der Waals surface area (Å²) in [4.78, 5) is 41.4. The zero-order chi connectivity index (χ0) is 19.6. The van der Waals surface area contributed by atoms with Crippen molar-refractivity contribution in [3.8, 4) is 0 Å². The lowest BCUT2D eigenvalue weighted by molar-refractivity contribution is -0.143. The maximum atomic E-state index is 12.9. The number of carbonyl (C=O) groups excluding carboxylic acids is 3. The molecular formula is C20H30N4O3. The van der Waals surface area contributed by atoms with Gasteiger partial charge in [-0.15, -0.1) is 0 Å². The molecule has 1 N–H and O–H groups in total. The molecule has 2 heterocycles. The highest BCUT2D eigenvalue weighted by Crippen LogP contribution is 2.36. The molecule has 1 aliphatic carbocycles. The van der Waals surface area contributed by atoms with Crippen LogP contribution in [0.25, 0.3) is 0 Å². The van der Waals surface area contributed by atoms with Crippen molar-refractivity contribution in [2.75, 3.05) is 19.6 Å². The summed E-state index contributed by atoms with van der Waals surface area (Å²) >= 11 is 0. The van der Waals surface area contributed by atoms with E-state index in [0.29, 0.717) is 44.2 Å². The van der Waals surface area contributed by atoms with Crippen LogP contribution in [0.4, 0.5) is 0 Å². The summed E-state index contributed by atoms with van der Waals surface area (Å²) in [7, 11) is 0. The summed E-state index contributed by atoms with van der Waals surface area (Å²) in [6.07, 6.45) is 4.99. The molecule has 1 aliphatic heterocycles. The van der Waals surface area contributed by atoms with Gasteiger partial charge in [-0.2, -0.15) is 0 Å². The Balaban J connectivity index is 1.71. The zero-order valence-corrected chi connectivity index (χ0v) is 16.5.